The molecular formula is C11H22Cl2N4. The Morgan fingerprint density at radius 2 is 1.76 bits per heavy atom. The zero-order valence-corrected chi connectivity index (χ0v) is 11.7. The highest BCUT2D eigenvalue weighted by atomic mass is 35.5. The van der Waals surface area contributed by atoms with Gasteiger partial charge in [-0.3, -0.25) is 0 Å². The minimum atomic E-state index is 0. The number of piperazine rings is 1. The van der Waals surface area contributed by atoms with E-state index in [1.54, 1.807) is 0 Å². The molecule has 6 heteroatoms. The van der Waals surface area contributed by atoms with E-state index >= 15 is 0 Å². The topological polar surface area (TPSA) is 39.7 Å². The van der Waals surface area contributed by atoms with E-state index < -0.39 is 0 Å². The molecule has 3 aliphatic rings. The molecule has 2 atom stereocenters. The first-order valence-electron chi connectivity index (χ1n) is 6.23. The SMILES string of the molecule is C1CCC2NC(N3CCNCC3)=NC2C1.Cl.Cl. The fraction of sp³-hybridized carbons (Fsp3) is 0.909. The van der Waals surface area contributed by atoms with Crippen LogP contribution in [-0.2, 0) is 0 Å². The van der Waals surface area contributed by atoms with Gasteiger partial charge in [-0.1, -0.05) is 12.8 Å². The van der Waals surface area contributed by atoms with Crippen LogP contribution in [0.4, 0.5) is 0 Å². The van der Waals surface area contributed by atoms with E-state index in [4.69, 9.17) is 4.99 Å². The van der Waals surface area contributed by atoms with Crippen molar-refractivity contribution in [3.05, 3.63) is 0 Å². The quantitative estimate of drug-likeness (QED) is 0.696. The minimum absolute atomic E-state index is 0. The fourth-order valence-electron chi connectivity index (χ4n) is 2.84. The maximum atomic E-state index is 4.84. The third-order valence-electron chi connectivity index (χ3n) is 3.75. The number of aliphatic imine (C=N–C) groups is 1. The molecule has 1 saturated carbocycles. The van der Waals surface area contributed by atoms with Crippen LogP contribution in [0.15, 0.2) is 4.99 Å². The Morgan fingerprint density at radius 1 is 1.06 bits per heavy atom. The maximum absolute atomic E-state index is 4.84. The van der Waals surface area contributed by atoms with E-state index in [1.165, 1.54) is 31.6 Å². The Labute approximate surface area is 115 Å². The first-order valence-corrected chi connectivity index (χ1v) is 6.23. The third kappa shape index (κ3) is 3.18. The Morgan fingerprint density at radius 3 is 2.47 bits per heavy atom. The second-order valence-corrected chi connectivity index (χ2v) is 4.79. The molecule has 0 aromatic carbocycles. The van der Waals surface area contributed by atoms with Gasteiger partial charge in [-0.05, 0) is 12.8 Å². The largest absolute Gasteiger partial charge is 0.351 e. The lowest BCUT2D eigenvalue weighted by Gasteiger charge is -2.29. The second kappa shape index (κ2) is 6.66. The molecule has 2 N–H and O–H groups in total. The van der Waals surface area contributed by atoms with E-state index in [0.717, 1.165) is 26.2 Å². The smallest absolute Gasteiger partial charge is 0.194 e. The third-order valence-corrected chi connectivity index (χ3v) is 3.75. The molecule has 3 rings (SSSR count). The molecule has 0 amide bonds. The van der Waals surface area contributed by atoms with Gasteiger partial charge in [0.2, 0.25) is 0 Å². The van der Waals surface area contributed by atoms with Gasteiger partial charge in [0.25, 0.3) is 0 Å². The molecule has 2 aliphatic heterocycles. The van der Waals surface area contributed by atoms with E-state index in [2.05, 4.69) is 15.5 Å². The van der Waals surface area contributed by atoms with Gasteiger partial charge in [0.1, 0.15) is 0 Å². The Hall–Kier alpha value is -0.190. The van der Waals surface area contributed by atoms with Crippen LogP contribution in [0.3, 0.4) is 0 Å². The predicted octanol–water partition coefficient (Wildman–Crippen LogP) is 1.01. The van der Waals surface area contributed by atoms with E-state index in [0.29, 0.717) is 12.1 Å². The van der Waals surface area contributed by atoms with E-state index in [1.807, 2.05) is 0 Å². The van der Waals surface area contributed by atoms with Crippen molar-refractivity contribution in [2.45, 2.75) is 37.8 Å². The van der Waals surface area contributed by atoms with Crippen LogP contribution in [0.5, 0.6) is 0 Å². The number of halogens is 2. The summed E-state index contributed by atoms with van der Waals surface area (Å²) in [5.41, 5.74) is 0. The second-order valence-electron chi connectivity index (χ2n) is 4.79. The van der Waals surface area contributed by atoms with Gasteiger partial charge in [0.15, 0.2) is 5.96 Å². The van der Waals surface area contributed by atoms with Crippen molar-refractivity contribution >= 4 is 30.8 Å². The highest BCUT2D eigenvalue weighted by molar-refractivity contribution is 5.85. The lowest BCUT2D eigenvalue weighted by molar-refractivity contribution is 0.343. The fourth-order valence-corrected chi connectivity index (χ4v) is 2.84. The van der Waals surface area contributed by atoms with Gasteiger partial charge in [-0.25, -0.2) is 4.99 Å². The van der Waals surface area contributed by atoms with Crippen molar-refractivity contribution in [1.29, 1.82) is 0 Å². The summed E-state index contributed by atoms with van der Waals surface area (Å²) in [6, 6.07) is 1.22. The normalized spacial score (nSPS) is 31.5. The first kappa shape index (κ1) is 14.9. The minimum Gasteiger partial charge on any atom is -0.351 e. The molecule has 2 fully saturated rings. The highest BCUT2D eigenvalue weighted by Gasteiger charge is 2.32. The zero-order chi connectivity index (χ0) is 10.1. The monoisotopic (exact) mass is 280 g/mol. The summed E-state index contributed by atoms with van der Waals surface area (Å²) in [7, 11) is 0. The average Bonchev–Trinajstić information content (AvgIpc) is 2.74. The lowest BCUT2D eigenvalue weighted by Crippen LogP contribution is -2.51. The number of nitrogens with one attached hydrogen (secondary N) is 2. The summed E-state index contributed by atoms with van der Waals surface area (Å²) in [4.78, 5) is 7.24. The van der Waals surface area contributed by atoms with Crippen molar-refractivity contribution in [1.82, 2.24) is 15.5 Å². The molecule has 0 spiro atoms. The number of hydrogen-bond acceptors (Lipinski definition) is 4. The molecule has 0 aromatic rings. The molecule has 4 nitrogen and oxygen atoms in total. The van der Waals surface area contributed by atoms with E-state index in [9.17, 15) is 0 Å². The summed E-state index contributed by atoms with van der Waals surface area (Å²) in [6.45, 7) is 4.39. The van der Waals surface area contributed by atoms with Crippen molar-refractivity contribution in [2.24, 2.45) is 4.99 Å². The van der Waals surface area contributed by atoms with Crippen molar-refractivity contribution in [2.75, 3.05) is 26.2 Å². The van der Waals surface area contributed by atoms with E-state index in [-0.39, 0.29) is 24.8 Å². The van der Waals surface area contributed by atoms with Crippen LogP contribution in [0.2, 0.25) is 0 Å². The number of hydrogen-bond donors (Lipinski definition) is 2. The van der Waals surface area contributed by atoms with Crippen LogP contribution in [0.25, 0.3) is 0 Å². The Balaban J connectivity index is 0.000000722. The molecule has 17 heavy (non-hydrogen) atoms. The van der Waals surface area contributed by atoms with Crippen LogP contribution in [0, 0.1) is 0 Å². The molecular weight excluding hydrogens is 259 g/mol. The first-order chi connectivity index (χ1) is 7.43. The number of guanidine groups is 1. The molecule has 1 aliphatic carbocycles. The van der Waals surface area contributed by atoms with Crippen LogP contribution >= 0.6 is 24.8 Å². The number of rotatable bonds is 0. The summed E-state index contributed by atoms with van der Waals surface area (Å²) >= 11 is 0. The van der Waals surface area contributed by atoms with Gasteiger partial charge in [0.05, 0.1) is 12.1 Å². The van der Waals surface area contributed by atoms with Gasteiger partial charge in [0, 0.05) is 26.2 Å². The Bertz CT molecular complexity index is 266. The summed E-state index contributed by atoms with van der Waals surface area (Å²) in [5.74, 6) is 1.17. The summed E-state index contributed by atoms with van der Waals surface area (Å²) in [6.07, 6.45) is 5.33. The predicted molar refractivity (Wildman–Crippen MR) is 75.6 cm³/mol. The van der Waals surface area contributed by atoms with Gasteiger partial charge in [-0.15, -0.1) is 24.8 Å². The van der Waals surface area contributed by atoms with Crippen molar-refractivity contribution in [3.63, 3.8) is 0 Å². The van der Waals surface area contributed by atoms with Gasteiger partial charge < -0.3 is 15.5 Å². The Kier molecular flexibility index (Phi) is 5.83. The summed E-state index contributed by atoms with van der Waals surface area (Å²) in [5, 5.41) is 6.99. The van der Waals surface area contributed by atoms with Crippen LogP contribution in [0.1, 0.15) is 25.7 Å². The molecule has 2 heterocycles. The molecule has 2 unspecified atom stereocenters. The standard InChI is InChI=1S/C11H20N4.2ClH/c1-2-4-10-9(3-1)13-11(14-10)15-7-5-12-6-8-15;;/h9-10,12H,1-8H2,(H,13,14);2*1H. The molecule has 1 saturated heterocycles. The average molecular weight is 281 g/mol. The number of fused-ring (bicyclic) bond motifs is 1. The lowest BCUT2D eigenvalue weighted by atomic mass is 9.92. The maximum Gasteiger partial charge on any atom is 0.194 e. The van der Waals surface area contributed by atoms with Crippen LogP contribution < -0.4 is 10.6 Å². The highest BCUT2D eigenvalue weighted by Crippen LogP contribution is 2.25. The van der Waals surface area contributed by atoms with Crippen molar-refractivity contribution < 1.29 is 0 Å². The van der Waals surface area contributed by atoms with Gasteiger partial charge in [-0.2, -0.15) is 0 Å². The molecule has 0 radical (unpaired) electrons. The molecule has 0 bridgehead atoms. The number of nitrogens with zero attached hydrogens (tertiary/aromatic N) is 2. The molecule has 100 valence electrons. The zero-order valence-electron chi connectivity index (χ0n) is 10.0. The van der Waals surface area contributed by atoms with Gasteiger partial charge >= 0.3 is 0 Å². The summed E-state index contributed by atoms with van der Waals surface area (Å²) < 4.78 is 0. The molecule has 0 aromatic heterocycles. The van der Waals surface area contributed by atoms with Crippen molar-refractivity contribution in [3.8, 4) is 0 Å². The van der Waals surface area contributed by atoms with Crippen LogP contribution in [-0.4, -0.2) is 49.1 Å².